The summed E-state index contributed by atoms with van der Waals surface area (Å²) in [5.41, 5.74) is 6.66. The Kier molecular flexibility index (Phi) is 3.33. The van der Waals surface area contributed by atoms with Crippen LogP contribution in [0.4, 0.5) is 0 Å². The third-order valence-electron chi connectivity index (χ3n) is 6.71. The van der Waals surface area contributed by atoms with Crippen LogP contribution in [0.5, 0.6) is 0 Å². The molecule has 5 aliphatic rings. The number of nitrogens with two attached hydrogens (primary N) is 1. The molecule has 5 saturated heterocycles. The SMILES string of the molecule is CC1CN2CCCC2CN1C1(CN)CN2CCC1CC2. The number of fused-ring (bicyclic) bond motifs is 4. The highest BCUT2D eigenvalue weighted by atomic mass is 15.4. The van der Waals surface area contributed by atoms with E-state index < -0.39 is 0 Å². The zero-order valence-corrected chi connectivity index (χ0v) is 12.9. The van der Waals surface area contributed by atoms with Gasteiger partial charge in [0.05, 0.1) is 0 Å². The second kappa shape index (κ2) is 4.94. The highest BCUT2D eigenvalue weighted by Gasteiger charge is 2.52. The Morgan fingerprint density at radius 3 is 2.55 bits per heavy atom. The summed E-state index contributed by atoms with van der Waals surface area (Å²) in [6.07, 6.45) is 5.54. The van der Waals surface area contributed by atoms with E-state index in [0.29, 0.717) is 6.04 Å². The van der Waals surface area contributed by atoms with Crippen molar-refractivity contribution in [2.24, 2.45) is 11.7 Å². The van der Waals surface area contributed by atoms with Crippen LogP contribution in [-0.4, -0.2) is 78.1 Å². The van der Waals surface area contributed by atoms with Crippen molar-refractivity contribution >= 4 is 0 Å². The lowest BCUT2D eigenvalue weighted by atomic mass is 9.70. The number of hydrogen-bond donors (Lipinski definition) is 1. The molecule has 0 spiro atoms. The van der Waals surface area contributed by atoms with Crippen molar-refractivity contribution in [2.45, 2.75) is 50.2 Å². The Balaban J connectivity index is 1.60. The van der Waals surface area contributed by atoms with Gasteiger partial charge in [-0.2, -0.15) is 0 Å². The molecule has 5 aliphatic heterocycles. The van der Waals surface area contributed by atoms with Gasteiger partial charge in [-0.1, -0.05) is 0 Å². The van der Waals surface area contributed by atoms with Crippen LogP contribution in [0.3, 0.4) is 0 Å². The van der Waals surface area contributed by atoms with Crippen molar-refractivity contribution in [1.82, 2.24) is 14.7 Å². The fourth-order valence-electron chi connectivity index (χ4n) is 5.63. The molecule has 4 nitrogen and oxygen atoms in total. The molecule has 4 heteroatoms. The number of hydrogen-bond acceptors (Lipinski definition) is 4. The average molecular weight is 278 g/mol. The van der Waals surface area contributed by atoms with Crippen LogP contribution < -0.4 is 5.73 Å². The largest absolute Gasteiger partial charge is 0.329 e. The number of piperazine rings is 1. The maximum Gasteiger partial charge on any atom is 0.0491 e. The Labute approximate surface area is 123 Å². The van der Waals surface area contributed by atoms with Crippen LogP contribution in [0.25, 0.3) is 0 Å². The average Bonchev–Trinajstić information content (AvgIpc) is 2.94. The van der Waals surface area contributed by atoms with Crippen molar-refractivity contribution in [3.8, 4) is 0 Å². The minimum Gasteiger partial charge on any atom is -0.329 e. The summed E-state index contributed by atoms with van der Waals surface area (Å²) in [6.45, 7) is 11.0. The van der Waals surface area contributed by atoms with Gasteiger partial charge >= 0.3 is 0 Å². The Morgan fingerprint density at radius 1 is 1.10 bits per heavy atom. The van der Waals surface area contributed by atoms with Gasteiger partial charge in [0.2, 0.25) is 0 Å². The van der Waals surface area contributed by atoms with E-state index in [0.717, 1.165) is 18.5 Å². The van der Waals surface area contributed by atoms with Crippen molar-refractivity contribution < 1.29 is 0 Å². The zero-order valence-electron chi connectivity index (χ0n) is 12.9. The second-order valence-electron chi connectivity index (χ2n) is 7.65. The summed E-state index contributed by atoms with van der Waals surface area (Å²) in [7, 11) is 0. The highest BCUT2D eigenvalue weighted by Crippen LogP contribution is 2.42. The van der Waals surface area contributed by atoms with Crippen LogP contribution in [0.2, 0.25) is 0 Å². The molecule has 114 valence electrons. The number of nitrogens with zero attached hydrogens (tertiary/aromatic N) is 3. The monoisotopic (exact) mass is 278 g/mol. The molecule has 0 amide bonds. The maximum absolute atomic E-state index is 6.37. The molecule has 3 unspecified atom stereocenters. The molecular weight excluding hydrogens is 248 g/mol. The van der Waals surface area contributed by atoms with Gasteiger partial charge in [0.1, 0.15) is 0 Å². The van der Waals surface area contributed by atoms with Gasteiger partial charge in [-0.15, -0.1) is 0 Å². The first-order valence-electron chi connectivity index (χ1n) is 8.66. The minimum absolute atomic E-state index is 0.282. The smallest absolute Gasteiger partial charge is 0.0491 e. The molecule has 0 radical (unpaired) electrons. The Hall–Kier alpha value is -0.160. The quantitative estimate of drug-likeness (QED) is 0.801. The molecule has 20 heavy (non-hydrogen) atoms. The first-order chi connectivity index (χ1) is 9.73. The summed E-state index contributed by atoms with van der Waals surface area (Å²) in [5, 5.41) is 0. The van der Waals surface area contributed by atoms with Crippen LogP contribution in [0.1, 0.15) is 32.6 Å². The lowest BCUT2D eigenvalue weighted by Gasteiger charge is -2.61. The molecule has 0 aliphatic carbocycles. The molecule has 0 aromatic rings. The summed E-state index contributed by atoms with van der Waals surface area (Å²) < 4.78 is 0. The predicted molar refractivity (Wildman–Crippen MR) is 81.7 cm³/mol. The standard InChI is InChI=1S/C16H30N4/c1-13-9-19-6-2-3-15(19)10-20(13)16(11-17)12-18-7-4-14(16)5-8-18/h13-15H,2-12,17H2,1H3. The van der Waals surface area contributed by atoms with Gasteiger partial charge < -0.3 is 10.6 Å². The molecular formula is C16H30N4. The fraction of sp³-hybridized carbons (Fsp3) is 1.00. The van der Waals surface area contributed by atoms with Crippen molar-refractivity contribution in [3.63, 3.8) is 0 Å². The van der Waals surface area contributed by atoms with E-state index in [2.05, 4.69) is 21.6 Å². The van der Waals surface area contributed by atoms with Gasteiger partial charge in [0.15, 0.2) is 0 Å². The topological polar surface area (TPSA) is 35.7 Å². The van der Waals surface area contributed by atoms with Gasteiger partial charge in [-0.05, 0) is 58.2 Å². The van der Waals surface area contributed by atoms with E-state index in [9.17, 15) is 0 Å². The third-order valence-corrected chi connectivity index (χ3v) is 6.71. The number of rotatable bonds is 2. The van der Waals surface area contributed by atoms with E-state index in [1.165, 1.54) is 65.0 Å². The molecule has 2 N–H and O–H groups in total. The fourth-order valence-corrected chi connectivity index (χ4v) is 5.63. The van der Waals surface area contributed by atoms with E-state index in [1.807, 2.05) is 0 Å². The summed E-state index contributed by atoms with van der Waals surface area (Å²) >= 11 is 0. The molecule has 5 rings (SSSR count). The highest BCUT2D eigenvalue weighted by molar-refractivity contribution is 5.09. The summed E-state index contributed by atoms with van der Waals surface area (Å²) in [5.74, 6) is 0.841. The van der Waals surface area contributed by atoms with Crippen LogP contribution in [0, 0.1) is 5.92 Å². The summed E-state index contributed by atoms with van der Waals surface area (Å²) in [6, 6.07) is 1.48. The van der Waals surface area contributed by atoms with Crippen molar-refractivity contribution in [1.29, 1.82) is 0 Å². The first kappa shape index (κ1) is 13.5. The van der Waals surface area contributed by atoms with Gasteiger partial charge in [0.25, 0.3) is 0 Å². The number of piperidine rings is 3. The molecule has 0 aromatic carbocycles. The van der Waals surface area contributed by atoms with E-state index in [4.69, 9.17) is 5.73 Å². The van der Waals surface area contributed by atoms with E-state index in [-0.39, 0.29) is 5.54 Å². The van der Waals surface area contributed by atoms with Crippen LogP contribution in [0.15, 0.2) is 0 Å². The van der Waals surface area contributed by atoms with Crippen molar-refractivity contribution in [3.05, 3.63) is 0 Å². The van der Waals surface area contributed by atoms with E-state index in [1.54, 1.807) is 0 Å². The molecule has 2 bridgehead atoms. The van der Waals surface area contributed by atoms with Crippen LogP contribution in [-0.2, 0) is 0 Å². The van der Waals surface area contributed by atoms with Crippen molar-refractivity contribution in [2.75, 3.05) is 45.8 Å². The summed E-state index contributed by atoms with van der Waals surface area (Å²) in [4.78, 5) is 8.24. The second-order valence-corrected chi connectivity index (χ2v) is 7.65. The third kappa shape index (κ3) is 1.88. The normalized spacial score (nSPS) is 49.5. The van der Waals surface area contributed by atoms with Crippen LogP contribution >= 0.6 is 0 Å². The Morgan fingerprint density at radius 2 is 1.90 bits per heavy atom. The molecule has 5 fully saturated rings. The zero-order chi connectivity index (χ0) is 13.7. The molecule has 3 atom stereocenters. The molecule has 0 aromatic heterocycles. The first-order valence-corrected chi connectivity index (χ1v) is 8.66. The Bertz CT molecular complexity index is 365. The lowest BCUT2D eigenvalue weighted by Crippen LogP contribution is -2.74. The van der Waals surface area contributed by atoms with E-state index >= 15 is 0 Å². The van der Waals surface area contributed by atoms with Gasteiger partial charge in [-0.3, -0.25) is 9.80 Å². The predicted octanol–water partition coefficient (Wildman–Crippen LogP) is 0.578. The van der Waals surface area contributed by atoms with Gasteiger partial charge in [0, 0.05) is 43.8 Å². The maximum atomic E-state index is 6.37. The molecule has 0 saturated carbocycles. The van der Waals surface area contributed by atoms with Gasteiger partial charge in [-0.25, -0.2) is 0 Å². The minimum atomic E-state index is 0.282. The molecule has 5 heterocycles. The lowest BCUT2D eigenvalue weighted by molar-refractivity contribution is -0.109.